The molecule has 4 nitrogen and oxygen atoms in total. The highest BCUT2D eigenvalue weighted by Gasteiger charge is 2.39. The number of nitrogens with zero attached hydrogens (tertiary/aromatic N) is 2. The number of alkyl halides is 6. The van der Waals surface area contributed by atoms with Crippen molar-refractivity contribution in [3.8, 4) is 0 Å². The van der Waals surface area contributed by atoms with Crippen molar-refractivity contribution in [3.05, 3.63) is 45.8 Å². The second-order valence-electron chi connectivity index (χ2n) is 3.75. The number of methoxy groups -OCH3 is 1. The summed E-state index contributed by atoms with van der Waals surface area (Å²) in [7, 11) is 0.888. The molecule has 0 aliphatic carbocycles. The number of diazo groups is 1. The summed E-state index contributed by atoms with van der Waals surface area (Å²) >= 11 is 0. The third-order valence-corrected chi connectivity index (χ3v) is 2.36. The summed E-state index contributed by atoms with van der Waals surface area (Å²) in [6.07, 6.45) is -10.1. The predicted molar refractivity (Wildman–Crippen MR) is 58.1 cm³/mol. The van der Waals surface area contributed by atoms with Gasteiger partial charge in [-0.05, 0) is 18.2 Å². The van der Waals surface area contributed by atoms with Crippen LogP contribution in [-0.4, -0.2) is 12.2 Å². The zero-order valence-electron chi connectivity index (χ0n) is 10.2. The van der Waals surface area contributed by atoms with E-state index in [4.69, 9.17) is 5.39 Å². The molecular weight excluding hydrogens is 306 g/mol. The van der Waals surface area contributed by atoms with Gasteiger partial charge in [-0.25, -0.2) is 0 Å². The van der Waals surface area contributed by atoms with Gasteiger partial charge in [0.05, 0.1) is 23.8 Å². The molecular formula is C11H7F6N2O2+. The molecule has 0 fully saturated rings. The van der Waals surface area contributed by atoms with Gasteiger partial charge in [-0.3, -0.25) is 0 Å². The van der Waals surface area contributed by atoms with Crippen LogP contribution in [0.1, 0.15) is 16.7 Å². The molecule has 0 atom stereocenters. The Morgan fingerprint density at radius 3 is 1.76 bits per heavy atom. The Morgan fingerprint density at radius 1 is 1.05 bits per heavy atom. The van der Waals surface area contributed by atoms with Crippen LogP contribution in [0.3, 0.4) is 0 Å². The van der Waals surface area contributed by atoms with E-state index in [1.54, 1.807) is 0 Å². The first-order valence-electron chi connectivity index (χ1n) is 5.13. The maximum absolute atomic E-state index is 12.6. The summed E-state index contributed by atoms with van der Waals surface area (Å²) in [6, 6.07) is 0.488. The van der Waals surface area contributed by atoms with Crippen LogP contribution in [-0.2, 0) is 17.1 Å². The number of benzene rings is 1. The Bertz CT molecular complexity index is 580. The molecule has 0 spiro atoms. The number of aliphatic hydroxyl groups excluding tert-OH is 1. The van der Waals surface area contributed by atoms with Gasteiger partial charge in [0.15, 0.2) is 4.98 Å². The van der Waals surface area contributed by atoms with Gasteiger partial charge in [0.25, 0.3) is 0 Å². The van der Waals surface area contributed by atoms with E-state index in [9.17, 15) is 31.4 Å². The molecule has 0 bridgehead atoms. The van der Waals surface area contributed by atoms with Crippen LogP contribution >= 0.6 is 0 Å². The highest BCUT2D eigenvalue weighted by atomic mass is 19.4. The van der Waals surface area contributed by atoms with Gasteiger partial charge in [0.2, 0.25) is 5.39 Å². The van der Waals surface area contributed by atoms with Crippen molar-refractivity contribution >= 4 is 5.70 Å². The van der Waals surface area contributed by atoms with E-state index in [0.29, 0.717) is 12.1 Å². The first kappa shape index (κ1) is 16.6. The van der Waals surface area contributed by atoms with E-state index in [2.05, 4.69) is 9.71 Å². The largest absolute Gasteiger partial charge is 0.475 e. The third-order valence-electron chi connectivity index (χ3n) is 2.36. The van der Waals surface area contributed by atoms with E-state index in [1.807, 2.05) is 0 Å². The number of aliphatic hydroxyl groups is 1. The van der Waals surface area contributed by atoms with Crippen LogP contribution in [0.2, 0.25) is 0 Å². The molecule has 10 heteroatoms. The quantitative estimate of drug-likeness (QED) is 0.500. The molecule has 0 amide bonds. The SMILES string of the molecule is CO/C(O)=C(\[N+]#N)c1cc(C(F)(F)F)cc(C(F)(F)F)c1. The standard InChI is InChI=1S/C11H6F6N2O2/c1-21-9(20)8(19-18)5-2-6(10(12,13)14)4-7(3-5)11(15,16)17/h2-4H,1H3/p+1/b9-8-. The molecule has 1 rings (SSSR count). The molecule has 0 heterocycles. The van der Waals surface area contributed by atoms with Gasteiger partial charge in [0.1, 0.15) is 0 Å². The van der Waals surface area contributed by atoms with Crippen LogP contribution in [0.15, 0.2) is 24.1 Å². The lowest BCUT2D eigenvalue weighted by molar-refractivity contribution is -0.143. The van der Waals surface area contributed by atoms with Crippen LogP contribution < -0.4 is 0 Å². The first-order chi connectivity index (χ1) is 9.50. The fourth-order valence-corrected chi connectivity index (χ4v) is 1.41. The molecule has 0 radical (unpaired) electrons. The van der Waals surface area contributed by atoms with E-state index in [1.165, 1.54) is 0 Å². The van der Waals surface area contributed by atoms with Crippen LogP contribution in [0, 0.1) is 5.39 Å². The Balaban J connectivity index is 3.65. The monoisotopic (exact) mass is 313 g/mol. The third kappa shape index (κ3) is 3.77. The molecule has 0 saturated carbocycles. The molecule has 114 valence electrons. The highest BCUT2D eigenvalue weighted by Crippen LogP contribution is 2.38. The molecule has 0 aliphatic heterocycles. The van der Waals surface area contributed by atoms with E-state index >= 15 is 0 Å². The lowest BCUT2D eigenvalue weighted by Crippen LogP contribution is -2.11. The molecule has 21 heavy (non-hydrogen) atoms. The van der Waals surface area contributed by atoms with Gasteiger partial charge in [-0.2, -0.15) is 26.3 Å². The smallest absolute Gasteiger partial charge is 0.471 e. The molecule has 0 aliphatic rings. The van der Waals surface area contributed by atoms with Crippen molar-refractivity contribution in [2.45, 2.75) is 12.4 Å². The highest BCUT2D eigenvalue weighted by molar-refractivity contribution is 5.72. The Morgan fingerprint density at radius 2 is 1.48 bits per heavy atom. The fourth-order valence-electron chi connectivity index (χ4n) is 1.41. The minimum absolute atomic E-state index is 0.0949. The van der Waals surface area contributed by atoms with Crippen molar-refractivity contribution in [2.24, 2.45) is 0 Å². The maximum Gasteiger partial charge on any atom is 0.471 e. The molecule has 1 aromatic rings. The minimum Gasteiger partial charge on any atom is -0.475 e. The van der Waals surface area contributed by atoms with Gasteiger partial charge >= 0.3 is 24.0 Å². The van der Waals surface area contributed by atoms with Gasteiger partial charge in [0, 0.05) is 0 Å². The van der Waals surface area contributed by atoms with E-state index in [-0.39, 0.29) is 6.07 Å². The number of hydrogen-bond acceptors (Lipinski definition) is 3. The summed E-state index contributed by atoms with van der Waals surface area (Å²) in [5.74, 6) is -1.13. The molecule has 1 N–H and O–H groups in total. The molecule has 0 unspecified atom stereocenters. The minimum atomic E-state index is -5.06. The second kappa shape index (κ2) is 5.51. The van der Waals surface area contributed by atoms with Crippen molar-refractivity contribution < 1.29 is 36.2 Å². The number of hydrogen-bond donors (Lipinski definition) is 1. The Labute approximate surface area is 113 Å². The summed E-state index contributed by atoms with van der Waals surface area (Å²) in [4.78, 5) is 2.45. The van der Waals surface area contributed by atoms with Crippen molar-refractivity contribution in [2.75, 3.05) is 7.11 Å². The van der Waals surface area contributed by atoms with Crippen molar-refractivity contribution in [1.82, 2.24) is 0 Å². The van der Waals surface area contributed by atoms with Crippen LogP contribution in [0.4, 0.5) is 26.3 Å². The van der Waals surface area contributed by atoms with Crippen LogP contribution in [0.25, 0.3) is 10.7 Å². The average Bonchev–Trinajstić information content (AvgIpc) is 2.37. The predicted octanol–water partition coefficient (Wildman–Crippen LogP) is 4.41. The zero-order valence-corrected chi connectivity index (χ0v) is 10.2. The number of halogens is 6. The number of ether oxygens (including phenoxy) is 1. The lowest BCUT2D eigenvalue weighted by atomic mass is 10.0. The van der Waals surface area contributed by atoms with Crippen molar-refractivity contribution in [1.29, 1.82) is 5.39 Å². The van der Waals surface area contributed by atoms with Crippen LogP contribution in [0.5, 0.6) is 0 Å². The average molecular weight is 313 g/mol. The topological polar surface area (TPSA) is 57.6 Å². The fraction of sp³-hybridized carbons (Fsp3) is 0.273. The van der Waals surface area contributed by atoms with E-state index < -0.39 is 40.7 Å². The summed E-state index contributed by atoms with van der Waals surface area (Å²) < 4.78 is 79.9. The summed E-state index contributed by atoms with van der Waals surface area (Å²) in [6.45, 7) is 0. The van der Waals surface area contributed by atoms with Gasteiger partial charge in [-0.1, -0.05) is 0 Å². The molecule has 0 aromatic heterocycles. The normalized spacial score (nSPS) is 13.4. The van der Waals surface area contributed by atoms with Gasteiger partial charge in [-0.15, -0.1) is 0 Å². The number of rotatable bonds is 2. The molecule has 1 aromatic carbocycles. The van der Waals surface area contributed by atoms with Gasteiger partial charge < -0.3 is 9.84 Å². The van der Waals surface area contributed by atoms with Crippen molar-refractivity contribution in [3.63, 3.8) is 0 Å². The maximum atomic E-state index is 12.6. The molecule has 0 saturated heterocycles. The Kier molecular flexibility index (Phi) is 4.36. The lowest BCUT2D eigenvalue weighted by Gasteiger charge is -2.12. The Hall–Kier alpha value is -2.44. The first-order valence-corrected chi connectivity index (χ1v) is 5.13. The second-order valence-corrected chi connectivity index (χ2v) is 3.75. The summed E-state index contributed by atoms with van der Waals surface area (Å²) in [5.41, 5.74) is -5.00. The zero-order chi connectivity index (χ0) is 16.4. The van der Waals surface area contributed by atoms with E-state index in [0.717, 1.165) is 7.11 Å². The summed E-state index contributed by atoms with van der Waals surface area (Å²) in [5, 5.41) is 17.8.